The quantitative estimate of drug-likeness (QED) is 0.799. The number of carbonyl (C=O) groups is 1. The summed E-state index contributed by atoms with van der Waals surface area (Å²) in [4.78, 5) is 18.0. The first kappa shape index (κ1) is 12.1. The summed E-state index contributed by atoms with van der Waals surface area (Å²) in [6.07, 6.45) is 0.842. The van der Waals surface area contributed by atoms with Crippen LogP contribution in [0.5, 0.6) is 0 Å². The lowest BCUT2D eigenvalue weighted by molar-refractivity contribution is 0.112. The predicted octanol–water partition coefficient (Wildman–Crippen LogP) is 3.34. The van der Waals surface area contributed by atoms with Gasteiger partial charge in [0.15, 0.2) is 11.4 Å². The molecule has 0 atom stereocenters. The number of aldehydes is 1. The van der Waals surface area contributed by atoms with Crippen molar-refractivity contribution in [2.75, 3.05) is 19.0 Å². The summed E-state index contributed by atoms with van der Waals surface area (Å²) < 4.78 is 0. The summed E-state index contributed by atoms with van der Waals surface area (Å²) in [5.41, 5.74) is 1.62. The topological polar surface area (TPSA) is 33.2 Å². The zero-order valence-electron chi connectivity index (χ0n) is 9.48. The number of nitrogens with zero attached hydrogens (tertiary/aromatic N) is 2. The van der Waals surface area contributed by atoms with E-state index in [0.717, 1.165) is 17.0 Å². The highest BCUT2D eigenvalue weighted by molar-refractivity contribution is 7.17. The third-order valence-corrected chi connectivity index (χ3v) is 3.65. The number of halogens is 1. The Labute approximate surface area is 109 Å². The molecule has 3 nitrogen and oxygen atoms in total. The maximum atomic E-state index is 11.0. The highest BCUT2D eigenvalue weighted by Crippen LogP contribution is 2.31. The van der Waals surface area contributed by atoms with Gasteiger partial charge >= 0.3 is 0 Å². The molecule has 0 aliphatic carbocycles. The number of benzene rings is 1. The van der Waals surface area contributed by atoms with E-state index in [9.17, 15) is 4.79 Å². The van der Waals surface area contributed by atoms with Crippen molar-refractivity contribution in [2.45, 2.75) is 0 Å². The van der Waals surface area contributed by atoms with Crippen LogP contribution in [0, 0.1) is 0 Å². The molecule has 5 heteroatoms. The number of anilines is 1. The van der Waals surface area contributed by atoms with Crippen LogP contribution in [-0.4, -0.2) is 25.4 Å². The van der Waals surface area contributed by atoms with E-state index in [4.69, 9.17) is 11.6 Å². The Hall–Kier alpha value is -1.39. The van der Waals surface area contributed by atoms with Crippen molar-refractivity contribution in [1.82, 2.24) is 4.98 Å². The molecule has 0 bridgehead atoms. The molecular weight excluding hydrogens is 256 g/mol. The van der Waals surface area contributed by atoms with Gasteiger partial charge in [-0.2, -0.15) is 0 Å². The van der Waals surface area contributed by atoms with Crippen molar-refractivity contribution in [3.8, 4) is 11.3 Å². The first-order valence-corrected chi connectivity index (χ1v) is 6.20. The summed E-state index contributed by atoms with van der Waals surface area (Å²) >= 11 is 7.21. The SMILES string of the molecule is CN(C)c1nc(-c2ccc(Cl)cc2)c(C=O)s1. The Morgan fingerprint density at radius 3 is 2.47 bits per heavy atom. The van der Waals surface area contributed by atoms with Crippen molar-refractivity contribution < 1.29 is 4.79 Å². The molecule has 0 spiro atoms. The van der Waals surface area contributed by atoms with Crippen LogP contribution in [0.3, 0.4) is 0 Å². The van der Waals surface area contributed by atoms with Crippen molar-refractivity contribution in [2.24, 2.45) is 0 Å². The summed E-state index contributed by atoms with van der Waals surface area (Å²) in [7, 11) is 3.80. The first-order chi connectivity index (χ1) is 8.11. The van der Waals surface area contributed by atoms with Gasteiger partial charge in [0.1, 0.15) is 0 Å². The number of rotatable bonds is 3. The van der Waals surface area contributed by atoms with Crippen LogP contribution < -0.4 is 4.90 Å². The van der Waals surface area contributed by atoms with Crippen LogP contribution in [0.25, 0.3) is 11.3 Å². The molecule has 0 saturated heterocycles. The lowest BCUT2D eigenvalue weighted by atomic mass is 10.1. The summed E-state index contributed by atoms with van der Waals surface area (Å²) in [6, 6.07) is 7.31. The van der Waals surface area contributed by atoms with Gasteiger partial charge in [0.05, 0.1) is 10.6 Å². The number of thiazole rings is 1. The molecule has 88 valence electrons. The Balaban J connectivity index is 2.50. The molecular formula is C12H11ClN2OS. The highest BCUT2D eigenvalue weighted by Gasteiger charge is 2.13. The average Bonchev–Trinajstić information content (AvgIpc) is 2.74. The molecule has 0 fully saturated rings. The second kappa shape index (κ2) is 4.85. The molecule has 1 aromatic heterocycles. The number of hydrogen-bond acceptors (Lipinski definition) is 4. The molecule has 0 amide bonds. The van der Waals surface area contributed by atoms with E-state index in [1.54, 1.807) is 12.1 Å². The van der Waals surface area contributed by atoms with Crippen LogP contribution >= 0.6 is 22.9 Å². The lowest BCUT2D eigenvalue weighted by Crippen LogP contribution is -2.07. The smallest absolute Gasteiger partial charge is 0.186 e. The number of carbonyl (C=O) groups excluding carboxylic acids is 1. The zero-order chi connectivity index (χ0) is 12.4. The minimum atomic E-state index is 0.635. The summed E-state index contributed by atoms with van der Waals surface area (Å²) in [5.74, 6) is 0. The molecule has 0 aliphatic heterocycles. The maximum absolute atomic E-state index is 11.0. The molecule has 0 unspecified atom stereocenters. The Kier molecular flexibility index (Phi) is 3.45. The van der Waals surface area contributed by atoms with Gasteiger partial charge in [-0.15, -0.1) is 0 Å². The Morgan fingerprint density at radius 2 is 1.94 bits per heavy atom. The number of aromatic nitrogens is 1. The second-order valence-electron chi connectivity index (χ2n) is 3.73. The summed E-state index contributed by atoms with van der Waals surface area (Å²) in [6.45, 7) is 0. The van der Waals surface area contributed by atoms with E-state index < -0.39 is 0 Å². The molecule has 0 saturated carbocycles. The average molecular weight is 267 g/mol. The van der Waals surface area contributed by atoms with E-state index in [-0.39, 0.29) is 0 Å². The zero-order valence-corrected chi connectivity index (χ0v) is 11.0. The van der Waals surface area contributed by atoms with Gasteiger partial charge in [-0.3, -0.25) is 4.79 Å². The molecule has 0 radical (unpaired) electrons. The normalized spacial score (nSPS) is 10.3. The monoisotopic (exact) mass is 266 g/mol. The fourth-order valence-corrected chi connectivity index (χ4v) is 2.36. The molecule has 0 aliphatic rings. The third-order valence-electron chi connectivity index (χ3n) is 2.25. The van der Waals surface area contributed by atoms with Gasteiger partial charge in [0, 0.05) is 24.7 Å². The molecule has 0 N–H and O–H groups in total. The van der Waals surface area contributed by atoms with Crippen molar-refractivity contribution in [3.05, 3.63) is 34.2 Å². The van der Waals surface area contributed by atoms with E-state index >= 15 is 0 Å². The number of hydrogen-bond donors (Lipinski definition) is 0. The molecule has 1 heterocycles. The van der Waals surface area contributed by atoms with E-state index in [0.29, 0.717) is 15.6 Å². The van der Waals surface area contributed by atoms with Crippen LogP contribution in [-0.2, 0) is 0 Å². The van der Waals surface area contributed by atoms with Crippen LogP contribution in [0.2, 0.25) is 5.02 Å². The lowest BCUT2D eigenvalue weighted by Gasteiger charge is -2.05. The van der Waals surface area contributed by atoms with Gasteiger partial charge < -0.3 is 4.90 Å². The van der Waals surface area contributed by atoms with Crippen molar-refractivity contribution in [3.63, 3.8) is 0 Å². The fourth-order valence-electron chi connectivity index (χ4n) is 1.41. The molecule has 1 aromatic carbocycles. The van der Waals surface area contributed by atoms with Crippen molar-refractivity contribution in [1.29, 1.82) is 0 Å². The van der Waals surface area contributed by atoms with Gasteiger partial charge in [-0.1, -0.05) is 35.1 Å². The van der Waals surface area contributed by atoms with E-state index in [1.165, 1.54) is 11.3 Å². The Bertz CT molecular complexity index is 534. The van der Waals surface area contributed by atoms with Crippen LogP contribution in [0.15, 0.2) is 24.3 Å². The molecule has 2 aromatic rings. The highest BCUT2D eigenvalue weighted by atomic mass is 35.5. The van der Waals surface area contributed by atoms with Crippen LogP contribution in [0.4, 0.5) is 5.13 Å². The van der Waals surface area contributed by atoms with Gasteiger partial charge in [0.25, 0.3) is 0 Å². The minimum absolute atomic E-state index is 0.635. The molecule has 2 rings (SSSR count). The molecule has 17 heavy (non-hydrogen) atoms. The Morgan fingerprint density at radius 1 is 1.29 bits per heavy atom. The van der Waals surface area contributed by atoms with Gasteiger partial charge in [0.2, 0.25) is 0 Å². The van der Waals surface area contributed by atoms with Gasteiger partial charge in [-0.25, -0.2) is 4.98 Å². The third kappa shape index (κ3) is 2.48. The standard InChI is InChI=1S/C12H11ClN2OS/c1-15(2)12-14-11(10(7-16)17-12)8-3-5-9(13)6-4-8/h3-7H,1-2H3. The second-order valence-corrected chi connectivity index (χ2v) is 5.17. The fraction of sp³-hybridized carbons (Fsp3) is 0.167. The minimum Gasteiger partial charge on any atom is -0.354 e. The van der Waals surface area contributed by atoms with E-state index in [1.807, 2.05) is 31.1 Å². The predicted molar refractivity (Wildman–Crippen MR) is 72.3 cm³/mol. The van der Waals surface area contributed by atoms with Crippen LogP contribution in [0.1, 0.15) is 9.67 Å². The van der Waals surface area contributed by atoms with Crippen molar-refractivity contribution >= 4 is 34.4 Å². The van der Waals surface area contributed by atoms with Gasteiger partial charge in [-0.05, 0) is 12.1 Å². The first-order valence-electron chi connectivity index (χ1n) is 5.01. The largest absolute Gasteiger partial charge is 0.354 e. The maximum Gasteiger partial charge on any atom is 0.186 e. The van der Waals surface area contributed by atoms with E-state index in [2.05, 4.69) is 4.98 Å². The summed E-state index contributed by atoms with van der Waals surface area (Å²) in [5, 5.41) is 1.49.